The van der Waals surface area contributed by atoms with Crippen molar-refractivity contribution in [1.82, 2.24) is 10.2 Å². The summed E-state index contributed by atoms with van der Waals surface area (Å²) in [7, 11) is 1.91. The summed E-state index contributed by atoms with van der Waals surface area (Å²) in [6.45, 7) is 5.47. The second kappa shape index (κ2) is 8.39. The van der Waals surface area contributed by atoms with Gasteiger partial charge < -0.3 is 14.8 Å². The fraction of sp³-hybridized carbons (Fsp3) is 0.381. The molecule has 6 heteroatoms. The van der Waals surface area contributed by atoms with E-state index in [2.05, 4.69) is 5.32 Å². The molecule has 0 radical (unpaired) electrons. The Kier molecular flexibility index (Phi) is 5.96. The Hall–Kier alpha value is -2.60. The quantitative estimate of drug-likeness (QED) is 0.845. The van der Waals surface area contributed by atoms with Crippen LogP contribution in [0.3, 0.4) is 0 Å². The number of carbonyl (C=O) groups is 1. The van der Waals surface area contributed by atoms with E-state index >= 15 is 0 Å². The van der Waals surface area contributed by atoms with Crippen LogP contribution in [0, 0.1) is 5.82 Å². The molecule has 27 heavy (non-hydrogen) atoms. The van der Waals surface area contributed by atoms with E-state index in [0.29, 0.717) is 19.8 Å². The monoisotopic (exact) mass is 372 g/mol. The zero-order chi connectivity index (χ0) is 19.4. The van der Waals surface area contributed by atoms with E-state index in [-0.39, 0.29) is 23.8 Å². The van der Waals surface area contributed by atoms with E-state index < -0.39 is 0 Å². The number of likely N-dealkylation sites (N-methyl/N-ethyl adjacent to an activating group) is 1. The first-order chi connectivity index (χ1) is 12.9. The molecule has 0 spiro atoms. The average Bonchev–Trinajstić information content (AvgIpc) is 2.67. The second-order valence-electron chi connectivity index (χ2n) is 6.85. The third kappa shape index (κ3) is 4.77. The first kappa shape index (κ1) is 19.2. The van der Waals surface area contributed by atoms with Crippen molar-refractivity contribution in [2.75, 3.05) is 20.3 Å². The summed E-state index contributed by atoms with van der Waals surface area (Å²) in [5, 5.41) is 2.98. The van der Waals surface area contributed by atoms with Gasteiger partial charge in [0.1, 0.15) is 19.0 Å². The number of halogens is 1. The van der Waals surface area contributed by atoms with Crippen LogP contribution in [0.2, 0.25) is 0 Å². The smallest absolute Gasteiger partial charge is 0.237 e. The number of benzene rings is 2. The van der Waals surface area contributed by atoms with Gasteiger partial charge in [-0.15, -0.1) is 0 Å². The second-order valence-corrected chi connectivity index (χ2v) is 6.85. The highest BCUT2D eigenvalue weighted by atomic mass is 19.1. The average molecular weight is 372 g/mol. The van der Waals surface area contributed by atoms with Crippen molar-refractivity contribution in [1.29, 1.82) is 0 Å². The molecule has 2 atom stereocenters. The van der Waals surface area contributed by atoms with Crippen LogP contribution in [0.15, 0.2) is 42.5 Å². The zero-order valence-corrected chi connectivity index (χ0v) is 15.9. The zero-order valence-electron chi connectivity index (χ0n) is 15.9. The Morgan fingerprint density at radius 1 is 1.11 bits per heavy atom. The number of rotatable bonds is 6. The van der Waals surface area contributed by atoms with Crippen LogP contribution < -0.4 is 14.8 Å². The van der Waals surface area contributed by atoms with Crippen molar-refractivity contribution in [3.05, 3.63) is 59.4 Å². The number of hydrogen-bond donors (Lipinski definition) is 1. The molecule has 1 N–H and O–H groups in total. The first-order valence-electron chi connectivity index (χ1n) is 9.08. The summed E-state index contributed by atoms with van der Waals surface area (Å²) in [6.07, 6.45) is 0. The third-order valence-corrected chi connectivity index (χ3v) is 4.81. The van der Waals surface area contributed by atoms with Gasteiger partial charge >= 0.3 is 0 Å². The van der Waals surface area contributed by atoms with Gasteiger partial charge in [0.2, 0.25) is 5.91 Å². The summed E-state index contributed by atoms with van der Waals surface area (Å²) in [6, 6.07) is 11.5. The van der Waals surface area contributed by atoms with Gasteiger partial charge in [-0.25, -0.2) is 4.39 Å². The standard InChI is InChI=1S/C21H25FN2O3/c1-14(17-5-7-18(22)8-6-17)23-21(25)15(2)24(3)13-16-4-9-19-20(12-16)27-11-10-26-19/h4-9,12,14-15H,10-11,13H2,1-3H3,(H,23,25). The number of fused-ring (bicyclic) bond motifs is 1. The lowest BCUT2D eigenvalue weighted by molar-refractivity contribution is -0.126. The highest BCUT2D eigenvalue weighted by Gasteiger charge is 2.21. The number of nitrogens with zero attached hydrogens (tertiary/aromatic N) is 1. The summed E-state index contributed by atoms with van der Waals surface area (Å²) in [5.74, 6) is 1.14. The van der Waals surface area contributed by atoms with Crippen LogP contribution in [0.5, 0.6) is 11.5 Å². The molecule has 0 aromatic heterocycles. The van der Waals surface area contributed by atoms with E-state index in [0.717, 1.165) is 22.6 Å². The molecule has 1 aliphatic heterocycles. The topological polar surface area (TPSA) is 50.8 Å². The Labute approximate surface area is 159 Å². The summed E-state index contributed by atoms with van der Waals surface area (Å²) >= 11 is 0. The van der Waals surface area contributed by atoms with Gasteiger partial charge in [-0.3, -0.25) is 9.69 Å². The largest absolute Gasteiger partial charge is 0.486 e. The molecule has 0 saturated carbocycles. The number of nitrogens with one attached hydrogen (secondary N) is 1. The maximum atomic E-state index is 13.0. The van der Waals surface area contributed by atoms with Crippen molar-refractivity contribution >= 4 is 5.91 Å². The van der Waals surface area contributed by atoms with Crippen molar-refractivity contribution in [2.45, 2.75) is 32.5 Å². The van der Waals surface area contributed by atoms with Gasteiger partial charge in [-0.1, -0.05) is 18.2 Å². The SMILES string of the molecule is CC(NC(=O)C(C)N(C)Cc1ccc2c(c1)OCCO2)c1ccc(F)cc1. The predicted octanol–water partition coefficient (Wildman–Crippen LogP) is 3.29. The molecular formula is C21H25FN2O3. The van der Waals surface area contributed by atoms with Crippen molar-refractivity contribution in [3.8, 4) is 11.5 Å². The van der Waals surface area contributed by atoms with Crippen LogP contribution in [-0.2, 0) is 11.3 Å². The fourth-order valence-electron chi connectivity index (χ4n) is 2.98. The van der Waals surface area contributed by atoms with Crippen molar-refractivity contribution in [2.24, 2.45) is 0 Å². The van der Waals surface area contributed by atoms with Crippen LogP contribution in [0.25, 0.3) is 0 Å². The van der Waals surface area contributed by atoms with E-state index in [1.165, 1.54) is 12.1 Å². The number of ether oxygens (including phenoxy) is 2. The minimum Gasteiger partial charge on any atom is -0.486 e. The normalized spacial score (nSPS) is 15.3. The maximum Gasteiger partial charge on any atom is 0.237 e. The molecule has 0 bridgehead atoms. The lowest BCUT2D eigenvalue weighted by Gasteiger charge is -2.26. The molecule has 3 rings (SSSR count). The van der Waals surface area contributed by atoms with Gasteiger partial charge in [0.25, 0.3) is 0 Å². The molecule has 2 aromatic carbocycles. The van der Waals surface area contributed by atoms with Crippen molar-refractivity contribution < 1.29 is 18.7 Å². The highest BCUT2D eigenvalue weighted by Crippen LogP contribution is 2.31. The van der Waals surface area contributed by atoms with Crippen LogP contribution in [0.1, 0.15) is 31.0 Å². The van der Waals surface area contributed by atoms with E-state index in [4.69, 9.17) is 9.47 Å². The molecule has 1 amide bonds. The molecule has 0 aliphatic carbocycles. The summed E-state index contributed by atoms with van der Waals surface area (Å²) < 4.78 is 24.2. The molecule has 144 valence electrons. The lowest BCUT2D eigenvalue weighted by atomic mass is 10.1. The Morgan fingerprint density at radius 3 is 2.48 bits per heavy atom. The Balaban J connectivity index is 1.58. The molecule has 2 aromatic rings. The molecule has 2 unspecified atom stereocenters. The minimum atomic E-state index is -0.318. The molecule has 0 saturated heterocycles. The molecule has 1 aliphatic rings. The molecule has 0 fully saturated rings. The Morgan fingerprint density at radius 2 is 1.78 bits per heavy atom. The minimum absolute atomic E-state index is 0.0770. The van der Waals surface area contributed by atoms with Gasteiger partial charge in [-0.05, 0) is 56.3 Å². The number of amides is 1. The predicted molar refractivity (Wildman–Crippen MR) is 101 cm³/mol. The van der Waals surface area contributed by atoms with Crippen LogP contribution in [0.4, 0.5) is 4.39 Å². The van der Waals surface area contributed by atoms with E-state index in [9.17, 15) is 9.18 Å². The molecule has 1 heterocycles. The molecular weight excluding hydrogens is 347 g/mol. The molecule has 5 nitrogen and oxygen atoms in total. The fourth-order valence-corrected chi connectivity index (χ4v) is 2.98. The lowest BCUT2D eigenvalue weighted by Crippen LogP contribution is -2.43. The van der Waals surface area contributed by atoms with Crippen LogP contribution >= 0.6 is 0 Å². The van der Waals surface area contributed by atoms with Crippen LogP contribution in [-0.4, -0.2) is 37.1 Å². The van der Waals surface area contributed by atoms with Gasteiger partial charge in [-0.2, -0.15) is 0 Å². The van der Waals surface area contributed by atoms with E-state index in [1.54, 1.807) is 12.1 Å². The first-order valence-corrected chi connectivity index (χ1v) is 9.08. The third-order valence-electron chi connectivity index (χ3n) is 4.81. The van der Waals surface area contributed by atoms with Gasteiger partial charge in [0.15, 0.2) is 11.5 Å². The van der Waals surface area contributed by atoms with Crippen molar-refractivity contribution in [3.63, 3.8) is 0 Å². The Bertz CT molecular complexity index is 795. The number of carbonyl (C=O) groups excluding carboxylic acids is 1. The van der Waals surface area contributed by atoms with Gasteiger partial charge in [0.05, 0.1) is 12.1 Å². The number of hydrogen-bond acceptors (Lipinski definition) is 4. The summed E-state index contributed by atoms with van der Waals surface area (Å²) in [4.78, 5) is 14.6. The summed E-state index contributed by atoms with van der Waals surface area (Å²) in [5.41, 5.74) is 1.92. The van der Waals surface area contributed by atoms with E-state index in [1.807, 2.05) is 44.0 Å². The highest BCUT2D eigenvalue weighted by molar-refractivity contribution is 5.81. The maximum absolute atomic E-state index is 13.0. The van der Waals surface area contributed by atoms with Gasteiger partial charge in [0, 0.05) is 6.54 Å².